The molecule has 1 unspecified atom stereocenters. The molecule has 2 aromatic rings. The van der Waals surface area contributed by atoms with Gasteiger partial charge in [0.05, 0.1) is 0 Å². The molecule has 1 aromatic heterocycles. The highest BCUT2D eigenvalue weighted by Crippen LogP contribution is 2.33. The lowest BCUT2D eigenvalue weighted by molar-refractivity contribution is 0.0944. The number of hydrogen-bond donors (Lipinski definition) is 1. The molecule has 0 aliphatic carbocycles. The molecule has 1 aliphatic heterocycles. The number of hydrogen-bond acceptors (Lipinski definition) is 3. The van der Waals surface area contributed by atoms with Crippen molar-refractivity contribution in [3.05, 3.63) is 59.4 Å². The van der Waals surface area contributed by atoms with Crippen LogP contribution in [0.15, 0.2) is 42.6 Å². The Labute approximate surface area is 148 Å². The molecule has 2 amide bonds. The Hall–Kier alpha value is -2.69. The fourth-order valence-electron chi connectivity index (χ4n) is 3.09. The zero-order valence-electron chi connectivity index (χ0n) is 14.8. The van der Waals surface area contributed by atoms with Crippen molar-refractivity contribution in [2.45, 2.75) is 33.2 Å². The van der Waals surface area contributed by atoms with E-state index in [0.717, 1.165) is 12.1 Å². The SMILES string of the molecule is CC(C)CNC(=O)c1cc(C(=O)N2c3ccccc3CC2C)ccn1. The minimum Gasteiger partial charge on any atom is -0.350 e. The molecule has 1 aliphatic rings. The summed E-state index contributed by atoms with van der Waals surface area (Å²) >= 11 is 0. The lowest BCUT2D eigenvalue weighted by atomic mass is 10.1. The van der Waals surface area contributed by atoms with Crippen molar-refractivity contribution in [2.24, 2.45) is 5.92 Å². The Morgan fingerprint density at radius 3 is 2.80 bits per heavy atom. The zero-order valence-corrected chi connectivity index (χ0v) is 14.8. The van der Waals surface area contributed by atoms with Crippen LogP contribution in [0.1, 0.15) is 47.2 Å². The van der Waals surface area contributed by atoms with Gasteiger partial charge in [0.1, 0.15) is 5.69 Å². The second-order valence-corrected chi connectivity index (χ2v) is 6.89. The van der Waals surface area contributed by atoms with Crippen LogP contribution in [0.5, 0.6) is 0 Å². The van der Waals surface area contributed by atoms with Crippen LogP contribution in [0.4, 0.5) is 5.69 Å². The molecule has 25 heavy (non-hydrogen) atoms. The largest absolute Gasteiger partial charge is 0.350 e. The third-order valence-electron chi connectivity index (χ3n) is 4.34. The van der Waals surface area contributed by atoms with Gasteiger partial charge in [-0.1, -0.05) is 32.0 Å². The topological polar surface area (TPSA) is 62.3 Å². The van der Waals surface area contributed by atoms with Crippen LogP contribution in [0.2, 0.25) is 0 Å². The lowest BCUT2D eigenvalue weighted by Crippen LogP contribution is -2.36. The van der Waals surface area contributed by atoms with Crippen molar-refractivity contribution in [3.8, 4) is 0 Å². The minimum atomic E-state index is -0.252. The number of benzene rings is 1. The number of pyridine rings is 1. The maximum Gasteiger partial charge on any atom is 0.269 e. The van der Waals surface area contributed by atoms with Gasteiger partial charge in [-0.25, -0.2) is 0 Å². The fourth-order valence-corrected chi connectivity index (χ4v) is 3.09. The molecule has 0 saturated heterocycles. The van der Waals surface area contributed by atoms with Gasteiger partial charge < -0.3 is 10.2 Å². The maximum atomic E-state index is 13.0. The molecule has 1 aromatic carbocycles. The van der Waals surface area contributed by atoms with Gasteiger partial charge in [-0.05, 0) is 43.0 Å². The summed E-state index contributed by atoms with van der Waals surface area (Å²) in [7, 11) is 0. The molecular weight excluding hydrogens is 314 g/mol. The van der Waals surface area contributed by atoms with Crippen LogP contribution in [0, 0.1) is 5.92 Å². The second-order valence-electron chi connectivity index (χ2n) is 6.89. The number of fused-ring (bicyclic) bond motifs is 1. The summed E-state index contributed by atoms with van der Waals surface area (Å²) in [6, 6.07) is 11.3. The molecule has 0 saturated carbocycles. The third kappa shape index (κ3) is 3.55. The Morgan fingerprint density at radius 1 is 1.28 bits per heavy atom. The van der Waals surface area contributed by atoms with Gasteiger partial charge in [0.25, 0.3) is 11.8 Å². The first-order valence-corrected chi connectivity index (χ1v) is 8.63. The van der Waals surface area contributed by atoms with Gasteiger partial charge >= 0.3 is 0 Å². The van der Waals surface area contributed by atoms with Gasteiger partial charge in [0.15, 0.2) is 0 Å². The molecule has 0 spiro atoms. The van der Waals surface area contributed by atoms with Crippen molar-refractivity contribution >= 4 is 17.5 Å². The molecule has 0 radical (unpaired) electrons. The van der Waals surface area contributed by atoms with E-state index in [2.05, 4.69) is 16.4 Å². The van der Waals surface area contributed by atoms with Crippen molar-refractivity contribution in [1.29, 1.82) is 0 Å². The van der Waals surface area contributed by atoms with Gasteiger partial charge in [-0.3, -0.25) is 14.6 Å². The summed E-state index contributed by atoms with van der Waals surface area (Å²) in [5, 5.41) is 2.83. The van der Waals surface area contributed by atoms with Crippen molar-refractivity contribution in [1.82, 2.24) is 10.3 Å². The number of amides is 2. The summed E-state index contributed by atoms with van der Waals surface area (Å²) in [4.78, 5) is 31.1. The molecule has 0 bridgehead atoms. The molecule has 1 N–H and O–H groups in total. The summed E-state index contributed by atoms with van der Waals surface area (Å²) in [6.45, 7) is 6.67. The van der Waals surface area contributed by atoms with E-state index in [1.165, 1.54) is 11.8 Å². The standard InChI is InChI=1S/C20H23N3O2/c1-13(2)12-22-19(24)17-11-16(8-9-21-17)20(25)23-14(3)10-15-6-4-5-7-18(15)23/h4-9,11,13-14H,10,12H2,1-3H3,(H,22,24). The van der Waals surface area contributed by atoms with Gasteiger partial charge in [0.2, 0.25) is 0 Å². The predicted molar refractivity (Wildman–Crippen MR) is 97.8 cm³/mol. The first kappa shape index (κ1) is 17.1. The van der Waals surface area contributed by atoms with Crippen molar-refractivity contribution in [2.75, 3.05) is 11.4 Å². The molecule has 5 heteroatoms. The highest BCUT2D eigenvalue weighted by Gasteiger charge is 2.31. The average Bonchev–Trinajstić information content (AvgIpc) is 2.94. The Bertz CT molecular complexity index is 801. The summed E-state index contributed by atoms with van der Waals surface area (Å²) in [5.74, 6) is 0.00620. The number of nitrogens with zero attached hydrogens (tertiary/aromatic N) is 2. The summed E-state index contributed by atoms with van der Waals surface area (Å²) in [6.07, 6.45) is 2.36. The summed E-state index contributed by atoms with van der Waals surface area (Å²) < 4.78 is 0. The van der Waals surface area contributed by atoms with E-state index < -0.39 is 0 Å². The highest BCUT2D eigenvalue weighted by molar-refractivity contribution is 6.08. The van der Waals surface area contributed by atoms with E-state index in [1.807, 2.05) is 39.0 Å². The van der Waals surface area contributed by atoms with Crippen LogP contribution in [0.3, 0.4) is 0 Å². The lowest BCUT2D eigenvalue weighted by Gasteiger charge is -2.23. The molecule has 0 fully saturated rings. The molecule has 130 valence electrons. The Morgan fingerprint density at radius 2 is 2.04 bits per heavy atom. The van der Waals surface area contributed by atoms with Crippen molar-refractivity contribution in [3.63, 3.8) is 0 Å². The first-order valence-electron chi connectivity index (χ1n) is 8.63. The predicted octanol–water partition coefficient (Wildman–Crippen LogP) is 3.06. The van der Waals surface area contributed by atoms with Crippen LogP contribution in [-0.4, -0.2) is 29.4 Å². The molecule has 5 nitrogen and oxygen atoms in total. The van der Waals surface area contributed by atoms with Crippen LogP contribution in [0.25, 0.3) is 0 Å². The summed E-state index contributed by atoms with van der Waals surface area (Å²) in [5.41, 5.74) is 2.87. The van der Waals surface area contributed by atoms with Crippen molar-refractivity contribution < 1.29 is 9.59 Å². The third-order valence-corrected chi connectivity index (χ3v) is 4.34. The number of rotatable bonds is 4. The van der Waals surface area contributed by atoms with E-state index in [1.54, 1.807) is 17.0 Å². The van der Waals surface area contributed by atoms with Gasteiger partial charge in [-0.15, -0.1) is 0 Å². The van der Waals surface area contributed by atoms with E-state index >= 15 is 0 Å². The van der Waals surface area contributed by atoms with Gasteiger partial charge in [0, 0.05) is 30.0 Å². The molecule has 3 rings (SSSR count). The Kier molecular flexibility index (Phi) is 4.83. The van der Waals surface area contributed by atoms with Crippen LogP contribution < -0.4 is 10.2 Å². The number of carbonyl (C=O) groups excluding carboxylic acids is 2. The average molecular weight is 337 g/mol. The number of anilines is 1. The molecule has 1 atom stereocenters. The first-order chi connectivity index (χ1) is 12.0. The van der Waals surface area contributed by atoms with Crippen LogP contribution >= 0.6 is 0 Å². The number of carbonyl (C=O) groups is 2. The van der Waals surface area contributed by atoms with E-state index in [-0.39, 0.29) is 23.6 Å². The minimum absolute atomic E-state index is 0.0938. The van der Waals surface area contributed by atoms with E-state index in [9.17, 15) is 9.59 Å². The van der Waals surface area contributed by atoms with Crippen LogP contribution in [-0.2, 0) is 6.42 Å². The normalized spacial score (nSPS) is 16.0. The second kappa shape index (κ2) is 7.05. The monoisotopic (exact) mass is 337 g/mol. The smallest absolute Gasteiger partial charge is 0.269 e. The van der Waals surface area contributed by atoms with E-state index in [4.69, 9.17) is 0 Å². The zero-order chi connectivity index (χ0) is 18.0. The number of nitrogens with one attached hydrogen (secondary N) is 1. The molecular formula is C20H23N3O2. The quantitative estimate of drug-likeness (QED) is 0.933. The maximum absolute atomic E-state index is 13.0. The van der Waals surface area contributed by atoms with E-state index in [0.29, 0.717) is 18.0 Å². The number of aromatic nitrogens is 1. The highest BCUT2D eigenvalue weighted by atomic mass is 16.2. The number of para-hydroxylation sites is 1. The Balaban J connectivity index is 1.84. The fraction of sp³-hybridized carbons (Fsp3) is 0.350. The molecule has 2 heterocycles. The van der Waals surface area contributed by atoms with Gasteiger partial charge in [-0.2, -0.15) is 0 Å².